The van der Waals surface area contributed by atoms with Crippen LogP contribution in [-0.4, -0.2) is 29.6 Å². The Morgan fingerprint density at radius 2 is 1.33 bits per heavy atom. The van der Waals surface area contributed by atoms with Crippen molar-refractivity contribution < 1.29 is 14.7 Å². The van der Waals surface area contributed by atoms with Gasteiger partial charge in [-0.25, -0.2) is 0 Å². The Morgan fingerprint density at radius 3 is 1.75 bits per heavy atom. The molecule has 24 heavy (non-hydrogen) atoms. The van der Waals surface area contributed by atoms with Crippen LogP contribution in [0.1, 0.15) is 96.8 Å². The van der Waals surface area contributed by atoms with Crippen LogP contribution in [0.3, 0.4) is 0 Å². The average Bonchev–Trinajstić information content (AvgIpc) is 2.54. The molecule has 0 aliphatic rings. The highest BCUT2D eigenvalue weighted by atomic mass is 16.4. The van der Waals surface area contributed by atoms with Crippen molar-refractivity contribution in [1.82, 2.24) is 5.32 Å². The summed E-state index contributed by atoms with van der Waals surface area (Å²) < 4.78 is 0. The highest BCUT2D eigenvalue weighted by molar-refractivity contribution is 5.77. The Hall–Kier alpha value is -1.10. The Kier molecular flexibility index (Phi) is 16.0. The first kappa shape index (κ1) is 22.9. The van der Waals surface area contributed by atoms with Crippen molar-refractivity contribution in [3.63, 3.8) is 0 Å². The number of rotatable bonds is 18. The van der Waals surface area contributed by atoms with Gasteiger partial charge in [0.2, 0.25) is 5.91 Å². The van der Waals surface area contributed by atoms with Gasteiger partial charge >= 0.3 is 5.97 Å². The molecule has 5 nitrogen and oxygen atoms in total. The van der Waals surface area contributed by atoms with Crippen LogP contribution < -0.4 is 11.1 Å². The van der Waals surface area contributed by atoms with Crippen LogP contribution in [0.25, 0.3) is 0 Å². The average molecular weight is 343 g/mol. The van der Waals surface area contributed by atoms with Crippen molar-refractivity contribution in [2.45, 2.75) is 103 Å². The summed E-state index contributed by atoms with van der Waals surface area (Å²) in [5.74, 6) is -1.36. The Morgan fingerprint density at radius 1 is 0.875 bits per heavy atom. The number of hydrogen-bond acceptors (Lipinski definition) is 3. The van der Waals surface area contributed by atoms with Crippen LogP contribution in [0.15, 0.2) is 0 Å². The molecule has 0 bridgehead atoms. The Balaban J connectivity index is 3.36. The third-order valence-electron chi connectivity index (χ3n) is 4.40. The minimum absolute atomic E-state index is 0.114. The molecular formula is C19H38N2O3. The fourth-order valence-corrected chi connectivity index (χ4v) is 2.84. The molecule has 5 heteroatoms. The van der Waals surface area contributed by atoms with E-state index in [0.29, 0.717) is 6.54 Å². The maximum absolute atomic E-state index is 11.0. The van der Waals surface area contributed by atoms with Crippen molar-refractivity contribution in [2.75, 3.05) is 6.54 Å². The van der Waals surface area contributed by atoms with Crippen molar-refractivity contribution in [3.8, 4) is 0 Å². The number of primary amides is 1. The SMILES string of the molecule is CCCCCCCCCCCCCCN[C@@H](CCC(N)=O)C(=O)O. The number of nitrogens with one attached hydrogen (secondary N) is 1. The summed E-state index contributed by atoms with van der Waals surface area (Å²) in [6, 6.07) is -0.662. The Labute approximate surface area is 147 Å². The van der Waals surface area contributed by atoms with Gasteiger partial charge in [0.25, 0.3) is 0 Å². The molecule has 0 aromatic carbocycles. The van der Waals surface area contributed by atoms with E-state index in [1.807, 2.05) is 0 Å². The maximum Gasteiger partial charge on any atom is 0.320 e. The van der Waals surface area contributed by atoms with E-state index in [1.54, 1.807) is 0 Å². The van der Waals surface area contributed by atoms with Crippen LogP contribution >= 0.6 is 0 Å². The zero-order valence-electron chi connectivity index (χ0n) is 15.5. The normalized spacial score (nSPS) is 12.2. The van der Waals surface area contributed by atoms with Gasteiger partial charge in [-0.1, -0.05) is 77.6 Å². The lowest BCUT2D eigenvalue weighted by molar-refractivity contribution is -0.139. The number of unbranched alkanes of at least 4 members (excludes halogenated alkanes) is 11. The summed E-state index contributed by atoms with van der Waals surface area (Å²) in [4.78, 5) is 21.8. The van der Waals surface area contributed by atoms with Gasteiger partial charge in [0.05, 0.1) is 0 Å². The van der Waals surface area contributed by atoms with Crippen molar-refractivity contribution in [3.05, 3.63) is 0 Å². The molecule has 0 aromatic heterocycles. The number of nitrogens with two attached hydrogens (primary N) is 1. The van der Waals surface area contributed by atoms with E-state index in [1.165, 1.54) is 64.2 Å². The Bertz CT molecular complexity index is 322. The second kappa shape index (κ2) is 16.7. The van der Waals surface area contributed by atoms with Crippen LogP contribution in [0.5, 0.6) is 0 Å². The molecule has 0 radical (unpaired) electrons. The van der Waals surface area contributed by atoms with Gasteiger partial charge in [0.1, 0.15) is 6.04 Å². The third-order valence-corrected chi connectivity index (χ3v) is 4.40. The first-order valence-corrected chi connectivity index (χ1v) is 9.82. The monoisotopic (exact) mass is 342 g/mol. The summed E-state index contributed by atoms with van der Waals surface area (Å²) in [7, 11) is 0. The lowest BCUT2D eigenvalue weighted by atomic mass is 10.1. The number of carbonyl (C=O) groups is 2. The van der Waals surface area contributed by atoms with Crippen LogP contribution in [-0.2, 0) is 9.59 Å². The predicted octanol–water partition coefficient (Wildman–Crippen LogP) is 4.00. The van der Waals surface area contributed by atoms with E-state index in [-0.39, 0.29) is 12.8 Å². The molecule has 1 atom stereocenters. The maximum atomic E-state index is 11.0. The zero-order chi connectivity index (χ0) is 18.0. The molecular weight excluding hydrogens is 304 g/mol. The van der Waals surface area contributed by atoms with Gasteiger partial charge in [-0.2, -0.15) is 0 Å². The summed E-state index contributed by atoms with van der Waals surface area (Å²) >= 11 is 0. The smallest absolute Gasteiger partial charge is 0.320 e. The van der Waals surface area contributed by atoms with Gasteiger partial charge in [-0.15, -0.1) is 0 Å². The van der Waals surface area contributed by atoms with Crippen molar-refractivity contribution >= 4 is 11.9 Å². The lowest BCUT2D eigenvalue weighted by Crippen LogP contribution is -2.38. The number of amides is 1. The van der Waals surface area contributed by atoms with E-state index in [0.717, 1.165) is 12.8 Å². The molecule has 0 aromatic rings. The standard InChI is InChI=1S/C19H38N2O3/c1-2-3-4-5-6-7-8-9-10-11-12-13-16-21-17(19(23)24)14-15-18(20)22/h17,21H,2-16H2,1H3,(H2,20,22)(H,23,24)/t17-/m0/s1. The van der Waals surface area contributed by atoms with E-state index >= 15 is 0 Å². The fraction of sp³-hybridized carbons (Fsp3) is 0.895. The molecule has 0 spiro atoms. The van der Waals surface area contributed by atoms with Gasteiger partial charge in [0.15, 0.2) is 0 Å². The number of carbonyl (C=O) groups excluding carboxylic acids is 1. The molecule has 1 amide bonds. The number of carboxylic acid groups (broad SMARTS) is 1. The molecule has 0 aliphatic carbocycles. The number of hydrogen-bond donors (Lipinski definition) is 3. The second-order valence-corrected chi connectivity index (χ2v) is 6.74. The minimum Gasteiger partial charge on any atom is -0.480 e. The molecule has 0 unspecified atom stereocenters. The molecule has 0 saturated heterocycles. The fourth-order valence-electron chi connectivity index (χ4n) is 2.84. The second-order valence-electron chi connectivity index (χ2n) is 6.74. The van der Waals surface area contributed by atoms with Crippen LogP contribution in [0.4, 0.5) is 0 Å². The van der Waals surface area contributed by atoms with E-state index in [2.05, 4.69) is 12.2 Å². The highest BCUT2D eigenvalue weighted by Gasteiger charge is 2.16. The number of carboxylic acids is 1. The molecule has 0 aliphatic heterocycles. The topological polar surface area (TPSA) is 92.4 Å². The van der Waals surface area contributed by atoms with E-state index in [4.69, 9.17) is 10.8 Å². The van der Waals surface area contributed by atoms with Gasteiger partial charge in [-0.3, -0.25) is 9.59 Å². The minimum atomic E-state index is -0.907. The molecule has 0 saturated carbocycles. The predicted molar refractivity (Wildman–Crippen MR) is 98.9 cm³/mol. The summed E-state index contributed by atoms with van der Waals surface area (Å²) in [6.07, 6.45) is 15.9. The first-order chi connectivity index (χ1) is 11.6. The summed E-state index contributed by atoms with van der Waals surface area (Å²) in [5.41, 5.74) is 5.06. The zero-order valence-corrected chi connectivity index (χ0v) is 15.5. The van der Waals surface area contributed by atoms with Gasteiger partial charge in [-0.05, 0) is 19.4 Å². The van der Waals surface area contributed by atoms with Crippen LogP contribution in [0, 0.1) is 0 Å². The van der Waals surface area contributed by atoms with E-state index in [9.17, 15) is 9.59 Å². The number of aliphatic carboxylic acids is 1. The molecule has 0 fully saturated rings. The van der Waals surface area contributed by atoms with Gasteiger partial charge in [0, 0.05) is 6.42 Å². The lowest BCUT2D eigenvalue weighted by Gasteiger charge is -2.13. The highest BCUT2D eigenvalue weighted by Crippen LogP contribution is 2.11. The third kappa shape index (κ3) is 15.8. The molecule has 4 N–H and O–H groups in total. The quantitative estimate of drug-likeness (QED) is 0.328. The summed E-state index contributed by atoms with van der Waals surface area (Å²) in [5, 5.41) is 12.1. The largest absolute Gasteiger partial charge is 0.480 e. The molecule has 142 valence electrons. The first-order valence-electron chi connectivity index (χ1n) is 9.82. The van der Waals surface area contributed by atoms with Crippen LogP contribution in [0.2, 0.25) is 0 Å². The van der Waals surface area contributed by atoms with Crippen molar-refractivity contribution in [1.29, 1.82) is 0 Å². The van der Waals surface area contributed by atoms with E-state index < -0.39 is 17.9 Å². The summed E-state index contributed by atoms with van der Waals surface area (Å²) in [6.45, 7) is 2.94. The molecule has 0 heterocycles. The molecule has 0 rings (SSSR count). The van der Waals surface area contributed by atoms with Crippen molar-refractivity contribution in [2.24, 2.45) is 5.73 Å². The van der Waals surface area contributed by atoms with Gasteiger partial charge < -0.3 is 16.2 Å².